The molecule has 1 aliphatic rings. The minimum absolute atomic E-state index is 0.193. The lowest BCUT2D eigenvalue weighted by Crippen LogP contribution is -2.44. The molecule has 5 nitrogen and oxygen atoms in total. The molecule has 1 atom stereocenters. The van der Waals surface area contributed by atoms with Crippen molar-refractivity contribution in [1.29, 1.82) is 0 Å². The molecule has 0 saturated heterocycles. The van der Waals surface area contributed by atoms with Crippen LogP contribution in [0.3, 0.4) is 0 Å². The van der Waals surface area contributed by atoms with Crippen molar-refractivity contribution >= 4 is 17.9 Å². The molecule has 0 spiro atoms. The summed E-state index contributed by atoms with van der Waals surface area (Å²) >= 11 is 0. The lowest BCUT2D eigenvalue weighted by Gasteiger charge is -2.31. The second-order valence-corrected chi connectivity index (χ2v) is 8.67. The molecule has 2 aromatic rings. The first-order valence-electron chi connectivity index (χ1n) is 11.6. The first kappa shape index (κ1) is 23.7. The van der Waals surface area contributed by atoms with E-state index in [0.29, 0.717) is 12.6 Å². The summed E-state index contributed by atoms with van der Waals surface area (Å²) in [5, 5.41) is 5.70. The van der Waals surface area contributed by atoms with Crippen molar-refractivity contribution in [1.82, 2.24) is 15.5 Å². The van der Waals surface area contributed by atoms with E-state index in [9.17, 15) is 9.59 Å². The molecule has 1 fully saturated rings. The maximum atomic E-state index is 12.5. The normalized spacial score (nSPS) is 15.6. The molecule has 1 saturated carbocycles. The third-order valence-corrected chi connectivity index (χ3v) is 6.17. The fraction of sp³-hybridized carbons (Fsp3) is 0.407. The van der Waals surface area contributed by atoms with Gasteiger partial charge in [0.05, 0.1) is 0 Å². The van der Waals surface area contributed by atoms with E-state index in [1.165, 1.54) is 43.7 Å². The van der Waals surface area contributed by atoms with Crippen LogP contribution < -0.4 is 10.6 Å². The van der Waals surface area contributed by atoms with Gasteiger partial charge in [-0.2, -0.15) is 0 Å². The molecule has 0 radical (unpaired) electrons. The van der Waals surface area contributed by atoms with E-state index in [-0.39, 0.29) is 11.8 Å². The van der Waals surface area contributed by atoms with Gasteiger partial charge >= 0.3 is 0 Å². The Morgan fingerprint density at radius 2 is 1.66 bits per heavy atom. The van der Waals surface area contributed by atoms with Crippen molar-refractivity contribution in [3.05, 3.63) is 77.4 Å². The number of hydrogen-bond acceptors (Lipinski definition) is 3. The van der Waals surface area contributed by atoms with E-state index in [0.717, 1.165) is 17.7 Å². The third-order valence-electron chi connectivity index (χ3n) is 6.17. The molecule has 2 amide bonds. The van der Waals surface area contributed by atoms with Crippen LogP contribution in [0, 0.1) is 0 Å². The van der Waals surface area contributed by atoms with E-state index < -0.39 is 6.04 Å². The van der Waals surface area contributed by atoms with Crippen molar-refractivity contribution in [3.8, 4) is 0 Å². The second-order valence-electron chi connectivity index (χ2n) is 8.67. The monoisotopic (exact) mass is 433 g/mol. The number of rotatable bonds is 9. The smallest absolute Gasteiger partial charge is 0.244 e. The molecule has 1 aliphatic carbocycles. The molecule has 0 bridgehead atoms. The first-order valence-corrected chi connectivity index (χ1v) is 11.6. The van der Waals surface area contributed by atoms with Gasteiger partial charge in [-0.05, 0) is 49.6 Å². The van der Waals surface area contributed by atoms with Crippen molar-refractivity contribution in [3.63, 3.8) is 0 Å². The zero-order valence-electron chi connectivity index (χ0n) is 19.2. The molecular weight excluding hydrogens is 398 g/mol. The molecule has 1 unspecified atom stereocenters. The Morgan fingerprint density at radius 3 is 2.38 bits per heavy atom. The van der Waals surface area contributed by atoms with Gasteiger partial charge in [-0.25, -0.2) is 0 Å². The summed E-state index contributed by atoms with van der Waals surface area (Å²) in [6.45, 7) is 3.03. The average Bonchev–Trinajstić information content (AvgIpc) is 2.83. The Hall–Kier alpha value is -2.92. The van der Waals surface area contributed by atoms with Crippen molar-refractivity contribution < 1.29 is 9.59 Å². The number of nitrogens with one attached hydrogen (secondary N) is 2. The highest BCUT2D eigenvalue weighted by molar-refractivity contribution is 5.95. The number of benzene rings is 2. The average molecular weight is 434 g/mol. The van der Waals surface area contributed by atoms with Crippen LogP contribution in [0.25, 0.3) is 6.08 Å². The standard InChI is InChI=1S/C27H35N3O2/c1-21(29-26(31)18-17-22-11-5-3-6-12-22)27(32)28-19-23-13-9-10-14-24(23)20-30(2)25-15-7-4-8-16-25/h3,5-6,9-14,17-18,21,25H,4,7-8,15-16,19-20H2,1-2H3,(H,28,32)(H,29,31). The van der Waals surface area contributed by atoms with Crippen molar-refractivity contribution in [2.75, 3.05) is 7.05 Å². The molecule has 3 rings (SSSR count). The zero-order chi connectivity index (χ0) is 22.8. The van der Waals surface area contributed by atoms with E-state index in [1.807, 2.05) is 36.4 Å². The van der Waals surface area contributed by atoms with Crippen LogP contribution in [-0.4, -0.2) is 35.8 Å². The quantitative estimate of drug-likeness (QED) is 0.580. The van der Waals surface area contributed by atoms with Crippen LogP contribution in [-0.2, 0) is 22.7 Å². The van der Waals surface area contributed by atoms with Crippen LogP contribution in [0.5, 0.6) is 0 Å². The van der Waals surface area contributed by atoms with Gasteiger partial charge in [0.15, 0.2) is 0 Å². The fourth-order valence-corrected chi connectivity index (χ4v) is 4.20. The highest BCUT2D eigenvalue weighted by atomic mass is 16.2. The molecule has 0 aliphatic heterocycles. The summed E-state index contributed by atoms with van der Waals surface area (Å²) < 4.78 is 0. The maximum absolute atomic E-state index is 12.5. The Balaban J connectivity index is 1.49. The zero-order valence-corrected chi connectivity index (χ0v) is 19.2. The molecule has 2 N–H and O–H groups in total. The largest absolute Gasteiger partial charge is 0.350 e. The Bertz CT molecular complexity index is 904. The van der Waals surface area contributed by atoms with Crippen molar-refractivity contribution in [2.24, 2.45) is 0 Å². The van der Waals surface area contributed by atoms with Gasteiger partial charge in [0.1, 0.15) is 6.04 Å². The minimum atomic E-state index is -0.611. The van der Waals surface area contributed by atoms with E-state index >= 15 is 0 Å². The Kier molecular flexibility index (Phi) is 9.05. The SMILES string of the molecule is CC(NC(=O)C=Cc1ccccc1)C(=O)NCc1ccccc1CN(C)C1CCCCC1. The van der Waals surface area contributed by atoms with Crippen molar-refractivity contribution in [2.45, 2.75) is 64.2 Å². The highest BCUT2D eigenvalue weighted by Gasteiger charge is 2.19. The molecule has 0 aromatic heterocycles. The molecule has 2 aromatic carbocycles. The fourth-order valence-electron chi connectivity index (χ4n) is 4.20. The van der Waals surface area contributed by atoms with Crippen LogP contribution in [0.1, 0.15) is 55.7 Å². The van der Waals surface area contributed by atoms with Gasteiger partial charge in [0.25, 0.3) is 0 Å². The topological polar surface area (TPSA) is 61.4 Å². The minimum Gasteiger partial charge on any atom is -0.350 e. The van der Waals surface area contributed by atoms with Crippen LogP contribution in [0.4, 0.5) is 0 Å². The summed E-state index contributed by atoms with van der Waals surface area (Å²) in [6.07, 6.45) is 9.71. The third kappa shape index (κ3) is 7.34. The maximum Gasteiger partial charge on any atom is 0.244 e. The van der Waals surface area contributed by atoms with Gasteiger partial charge in [-0.15, -0.1) is 0 Å². The predicted molar refractivity (Wildman–Crippen MR) is 130 cm³/mol. The van der Waals surface area contributed by atoms with E-state index in [4.69, 9.17) is 0 Å². The number of nitrogens with zero attached hydrogens (tertiary/aromatic N) is 1. The van der Waals surface area contributed by atoms with Gasteiger partial charge < -0.3 is 10.6 Å². The van der Waals surface area contributed by atoms with E-state index in [2.05, 4.69) is 40.8 Å². The summed E-state index contributed by atoms with van der Waals surface area (Å²) in [5.74, 6) is -0.479. The van der Waals surface area contributed by atoms with Gasteiger partial charge in [-0.3, -0.25) is 14.5 Å². The Morgan fingerprint density at radius 1 is 1.00 bits per heavy atom. The molecule has 32 heavy (non-hydrogen) atoms. The van der Waals surface area contributed by atoms with Crippen LogP contribution in [0.2, 0.25) is 0 Å². The first-order chi connectivity index (χ1) is 15.5. The van der Waals surface area contributed by atoms with E-state index in [1.54, 1.807) is 13.0 Å². The highest BCUT2D eigenvalue weighted by Crippen LogP contribution is 2.23. The summed E-state index contributed by atoms with van der Waals surface area (Å²) in [7, 11) is 2.20. The number of carbonyl (C=O) groups excluding carboxylic acids is 2. The molecule has 5 heteroatoms. The molecular formula is C27H35N3O2. The van der Waals surface area contributed by atoms with Crippen LogP contribution >= 0.6 is 0 Å². The number of carbonyl (C=O) groups is 2. The van der Waals surface area contributed by atoms with Crippen LogP contribution in [0.15, 0.2) is 60.7 Å². The Labute approximate surface area is 191 Å². The number of hydrogen-bond donors (Lipinski definition) is 2. The summed E-state index contributed by atoms with van der Waals surface area (Å²) in [4.78, 5) is 27.1. The lowest BCUT2D eigenvalue weighted by atomic mass is 9.94. The van der Waals surface area contributed by atoms with Gasteiger partial charge in [-0.1, -0.05) is 73.9 Å². The summed E-state index contributed by atoms with van der Waals surface area (Å²) in [6, 6.07) is 17.9. The van der Waals surface area contributed by atoms with Gasteiger partial charge in [0.2, 0.25) is 11.8 Å². The molecule has 0 heterocycles. The second kappa shape index (κ2) is 12.2. The predicted octanol–water partition coefficient (Wildman–Crippen LogP) is 4.29. The number of amides is 2. The van der Waals surface area contributed by atoms with Gasteiger partial charge in [0, 0.05) is 25.2 Å². The summed E-state index contributed by atoms with van der Waals surface area (Å²) in [5.41, 5.74) is 3.30. The molecule has 170 valence electrons. The lowest BCUT2D eigenvalue weighted by molar-refractivity contribution is -0.126.